The molecule has 0 atom stereocenters. The number of benzene rings is 1. The number of sulfonamides is 1. The van der Waals surface area contributed by atoms with Crippen LogP contribution >= 0.6 is 0 Å². The fraction of sp³-hybridized carbons (Fsp3) is 0.600. The number of piperazine rings is 1. The quantitative estimate of drug-likeness (QED) is 0.616. The molecular weight excluding hydrogens is 392 g/mol. The van der Waals surface area contributed by atoms with Gasteiger partial charge in [0.15, 0.2) is 0 Å². The molecule has 0 saturated carbocycles. The molecule has 0 aromatic heterocycles. The average molecular weight is 425 g/mol. The molecule has 1 aliphatic heterocycles. The van der Waals surface area contributed by atoms with Crippen LogP contribution in [-0.4, -0.2) is 93.5 Å². The Labute approximate surface area is 174 Å². The number of amides is 2. The molecule has 162 valence electrons. The van der Waals surface area contributed by atoms with Gasteiger partial charge in [-0.15, -0.1) is 0 Å². The molecule has 0 N–H and O–H groups in total. The van der Waals surface area contributed by atoms with Crippen LogP contribution in [0, 0.1) is 6.92 Å². The largest absolute Gasteiger partial charge is 0.342 e. The van der Waals surface area contributed by atoms with Crippen molar-refractivity contribution >= 4 is 27.5 Å². The van der Waals surface area contributed by atoms with Crippen molar-refractivity contribution in [3.05, 3.63) is 29.8 Å². The van der Waals surface area contributed by atoms with E-state index in [-0.39, 0.29) is 18.4 Å². The normalized spacial score (nSPS) is 15.2. The molecule has 9 heteroatoms. The molecule has 2 amide bonds. The summed E-state index contributed by atoms with van der Waals surface area (Å²) in [6.45, 7) is 9.41. The lowest BCUT2D eigenvalue weighted by molar-refractivity contribution is -0.134. The van der Waals surface area contributed by atoms with E-state index in [1.807, 2.05) is 37.8 Å². The van der Waals surface area contributed by atoms with E-state index in [2.05, 4.69) is 0 Å². The number of carbonyl (C=O) groups excluding carboxylic acids is 2. The molecule has 1 fully saturated rings. The van der Waals surface area contributed by atoms with Gasteiger partial charge in [0, 0.05) is 39.3 Å². The first-order valence-electron chi connectivity index (χ1n) is 9.98. The van der Waals surface area contributed by atoms with E-state index in [0.29, 0.717) is 51.5 Å². The first-order valence-corrected chi connectivity index (χ1v) is 11.8. The molecule has 1 aromatic rings. The summed E-state index contributed by atoms with van der Waals surface area (Å²) in [4.78, 5) is 30.6. The van der Waals surface area contributed by atoms with Gasteiger partial charge in [-0.05, 0) is 32.4 Å². The Morgan fingerprint density at radius 1 is 1.03 bits per heavy atom. The van der Waals surface area contributed by atoms with E-state index >= 15 is 0 Å². The summed E-state index contributed by atoms with van der Waals surface area (Å²) in [7, 11) is -3.59. The Balaban J connectivity index is 1.98. The van der Waals surface area contributed by atoms with Gasteiger partial charge in [0.1, 0.15) is 6.54 Å². The van der Waals surface area contributed by atoms with E-state index in [0.717, 1.165) is 11.8 Å². The van der Waals surface area contributed by atoms with Crippen LogP contribution in [0.1, 0.15) is 19.4 Å². The van der Waals surface area contributed by atoms with Crippen LogP contribution in [0.4, 0.5) is 5.69 Å². The van der Waals surface area contributed by atoms with Crippen molar-refractivity contribution < 1.29 is 18.0 Å². The topological polar surface area (TPSA) is 81.2 Å². The van der Waals surface area contributed by atoms with Crippen LogP contribution in [0.2, 0.25) is 0 Å². The summed E-state index contributed by atoms with van der Waals surface area (Å²) in [6, 6.07) is 7.13. The number of rotatable bonds is 8. The second-order valence-electron chi connectivity index (χ2n) is 7.28. The third-order valence-corrected chi connectivity index (χ3v) is 6.39. The minimum atomic E-state index is -3.59. The Kier molecular flexibility index (Phi) is 8.04. The maximum atomic E-state index is 12.8. The number of anilines is 1. The summed E-state index contributed by atoms with van der Waals surface area (Å²) in [6.07, 6.45) is 1.11. The van der Waals surface area contributed by atoms with Crippen LogP contribution in [0.5, 0.6) is 0 Å². The summed E-state index contributed by atoms with van der Waals surface area (Å²) in [5.74, 6) is -0.133. The number of hydrogen-bond acceptors (Lipinski definition) is 5. The van der Waals surface area contributed by atoms with Crippen molar-refractivity contribution in [2.24, 2.45) is 0 Å². The molecule has 1 aromatic carbocycles. The second kappa shape index (κ2) is 10.1. The minimum absolute atomic E-state index is 0.0950. The molecule has 0 bridgehead atoms. The highest BCUT2D eigenvalue weighted by molar-refractivity contribution is 7.92. The molecule has 0 radical (unpaired) electrons. The number of hydrogen-bond donors (Lipinski definition) is 0. The summed E-state index contributed by atoms with van der Waals surface area (Å²) < 4.78 is 25.8. The lowest BCUT2D eigenvalue weighted by Gasteiger charge is -2.36. The van der Waals surface area contributed by atoms with Crippen molar-refractivity contribution in [1.82, 2.24) is 14.7 Å². The number of carbonyl (C=O) groups is 2. The number of likely N-dealkylation sites (N-methyl/N-ethyl adjacent to an activating group) is 1. The molecule has 1 heterocycles. The molecule has 0 unspecified atom stereocenters. The number of para-hydroxylation sites is 1. The van der Waals surface area contributed by atoms with Crippen molar-refractivity contribution in [2.75, 3.05) is 62.9 Å². The lowest BCUT2D eigenvalue weighted by Crippen LogP contribution is -2.53. The van der Waals surface area contributed by atoms with E-state index in [4.69, 9.17) is 0 Å². The summed E-state index contributed by atoms with van der Waals surface area (Å²) in [5, 5.41) is 0. The van der Waals surface area contributed by atoms with Crippen molar-refractivity contribution in [3.8, 4) is 0 Å². The lowest BCUT2D eigenvalue weighted by atomic mass is 10.2. The van der Waals surface area contributed by atoms with Gasteiger partial charge < -0.3 is 9.80 Å². The molecule has 1 saturated heterocycles. The van der Waals surface area contributed by atoms with Gasteiger partial charge in [0.25, 0.3) is 0 Å². The fourth-order valence-electron chi connectivity index (χ4n) is 3.47. The van der Waals surface area contributed by atoms with Crippen LogP contribution in [0.3, 0.4) is 0 Å². The van der Waals surface area contributed by atoms with Gasteiger partial charge in [-0.2, -0.15) is 0 Å². The van der Waals surface area contributed by atoms with Gasteiger partial charge >= 0.3 is 0 Å². The van der Waals surface area contributed by atoms with Crippen LogP contribution < -0.4 is 4.31 Å². The number of nitrogens with zero attached hydrogens (tertiary/aromatic N) is 4. The van der Waals surface area contributed by atoms with Crippen molar-refractivity contribution in [2.45, 2.75) is 20.8 Å². The van der Waals surface area contributed by atoms with Gasteiger partial charge in [0.05, 0.1) is 18.5 Å². The molecule has 8 nitrogen and oxygen atoms in total. The predicted molar refractivity (Wildman–Crippen MR) is 114 cm³/mol. The SMILES string of the molecule is CCN(CC)C(=O)CN1CCN(C(=O)CN(c2ccccc2C)S(C)(=O)=O)CC1. The zero-order valence-electron chi connectivity index (χ0n) is 17.8. The van der Waals surface area contributed by atoms with Gasteiger partial charge in [-0.3, -0.25) is 18.8 Å². The fourth-order valence-corrected chi connectivity index (χ4v) is 4.38. The third-order valence-electron chi connectivity index (χ3n) is 5.26. The molecule has 2 rings (SSSR count). The van der Waals surface area contributed by atoms with Crippen LogP contribution in [0.25, 0.3) is 0 Å². The zero-order valence-corrected chi connectivity index (χ0v) is 18.6. The predicted octanol–water partition coefficient (Wildman–Crippen LogP) is 0.774. The highest BCUT2D eigenvalue weighted by atomic mass is 32.2. The second-order valence-corrected chi connectivity index (χ2v) is 9.19. The molecule has 0 spiro atoms. The van der Waals surface area contributed by atoms with Crippen LogP contribution in [-0.2, 0) is 19.6 Å². The highest BCUT2D eigenvalue weighted by Gasteiger charge is 2.28. The van der Waals surface area contributed by atoms with Gasteiger partial charge in [-0.1, -0.05) is 18.2 Å². The summed E-state index contributed by atoms with van der Waals surface area (Å²) in [5.41, 5.74) is 1.32. The van der Waals surface area contributed by atoms with E-state index < -0.39 is 10.0 Å². The van der Waals surface area contributed by atoms with Crippen LogP contribution in [0.15, 0.2) is 24.3 Å². The molecule has 29 heavy (non-hydrogen) atoms. The first-order chi connectivity index (χ1) is 13.7. The average Bonchev–Trinajstić information content (AvgIpc) is 2.67. The molecular formula is C20H32N4O4S. The number of aryl methyl sites for hydroxylation is 1. The maximum Gasteiger partial charge on any atom is 0.243 e. The zero-order chi connectivity index (χ0) is 21.6. The molecule has 1 aliphatic rings. The third kappa shape index (κ3) is 6.17. The van der Waals surface area contributed by atoms with E-state index in [9.17, 15) is 18.0 Å². The van der Waals surface area contributed by atoms with Gasteiger partial charge in [-0.25, -0.2) is 8.42 Å². The Bertz CT molecular complexity index is 816. The highest BCUT2D eigenvalue weighted by Crippen LogP contribution is 2.22. The first kappa shape index (κ1) is 23.2. The van der Waals surface area contributed by atoms with E-state index in [1.54, 1.807) is 21.9 Å². The standard InChI is InChI=1S/C20H32N4O4S/c1-5-22(6-2)19(25)15-21-11-13-23(14-12-21)20(26)16-24(29(4,27)28)18-10-8-7-9-17(18)3/h7-10H,5-6,11-16H2,1-4H3. The Morgan fingerprint density at radius 3 is 2.14 bits per heavy atom. The molecule has 0 aliphatic carbocycles. The van der Waals surface area contributed by atoms with E-state index in [1.165, 1.54) is 4.31 Å². The Morgan fingerprint density at radius 2 is 1.62 bits per heavy atom. The maximum absolute atomic E-state index is 12.8. The Hall–Kier alpha value is -2.13. The van der Waals surface area contributed by atoms with Gasteiger partial charge in [0.2, 0.25) is 21.8 Å². The summed E-state index contributed by atoms with van der Waals surface area (Å²) >= 11 is 0. The minimum Gasteiger partial charge on any atom is -0.342 e. The monoisotopic (exact) mass is 424 g/mol. The van der Waals surface area contributed by atoms with Crippen molar-refractivity contribution in [3.63, 3.8) is 0 Å². The smallest absolute Gasteiger partial charge is 0.243 e. The van der Waals surface area contributed by atoms with Crippen molar-refractivity contribution in [1.29, 1.82) is 0 Å².